The smallest absolute Gasteiger partial charge is 0.234 e. The van der Waals surface area contributed by atoms with Crippen molar-refractivity contribution in [2.45, 2.75) is 45.2 Å². The molecule has 0 saturated carbocycles. The maximum Gasteiger partial charge on any atom is 0.234 e. The van der Waals surface area contributed by atoms with Crippen LogP contribution in [0, 0.1) is 0 Å². The molecule has 0 bridgehead atoms. The van der Waals surface area contributed by atoms with Crippen LogP contribution in [0.25, 0.3) is 0 Å². The van der Waals surface area contributed by atoms with Gasteiger partial charge >= 0.3 is 0 Å². The molecule has 0 aromatic carbocycles. The van der Waals surface area contributed by atoms with Gasteiger partial charge in [0.25, 0.3) is 0 Å². The van der Waals surface area contributed by atoms with Crippen LogP contribution in [-0.4, -0.2) is 42.5 Å². The number of primary amides is 1. The number of rotatable bonds is 5. The largest absolute Gasteiger partial charge is 0.368 e. The molecule has 1 aliphatic rings. The van der Waals surface area contributed by atoms with Crippen molar-refractivity contribution in [3.63, 3.8) is 0 Å². The lowest BCUT2D eigenvalue weighted by molar-refractivity contribution is -0.124. The third-order valence-corrected chi connectivity index (χ3v) is 3.26. The molecular weight excluding hydrogens is 190 g/mol. The molecule has 1 rings (SSSR count). The second-order valence-electron chi connectivity index (χ2n) is 4.14. The van der Waals surface area contributed by atoms with Gasteiger partial charge in [-0.15, -0.1) is 0 Å². The van der Waals surface area contributed by atoms with E-state index in [2.05, 4.69) is 17.1 Å². The normalized spacial score (nSPS) is 20.5. The van der Waals surface area contributed by atoms with Crippen LogP contribution in [0.1, 0.15) is 33.1 Å². The van der Waals surface area contributed by atoms with Crippen LogP contribution < -0.4 is 11.1 Å². The van der Waals surface area contributed by atoms with E-state index in [-0.39, 0.29) is 11.9 Å². The van der Waals surface area contributed by atoms with E-state index in [0.29, 0.717) is 6.04 Å². The van der Waals surface area contributed by atoms with Crippen LogP contribution in [0.15, 0.2) is 0 Å². The van der Waals surface area contributed by atoms with Crippen molar-refractivity contribution in [2.24, 2.45) is 5.73 Å². The quantitative estimate of drug-likeness (QED) is 0.691. The Balaban J connectivity index is 2.62. The van der Waals surface area contributed by atoms with Crippen LogP contribution >= 0.6 is 0 Å². The number of carbonyl (C=O) groups is 1. The topological polar surface area (TPSA) is 58.4 Å². The van der Waals surface area contributed by atoms with Gasteiger partial charge in [0.1, 0.15) is 0 Å². The Morgan fingerprint density at radius 2 is 2.07 bits per heavy atom. The minimum Gasteiger partial charge on any atom is -0.368 e. The predicted molar refractivity (Wildman–Crippen MR) is 61.5 cm³/mol. The second-order valence-corrected chi connectivity index (χ2v) is 4.14. The van der Waals surface area contributed by atoms with Gasteiger partial charge in [0.15, 0.2) is 0 Å². The van der Waals surface area contributed by atoms with Gasteiger partial charge in [-0.1, -0.05) is 13.8 Å². The second kappa shape index (κ2) is 6.08. The van der Waals surface area contributed by atoms with Gasteiger partial charge in [-0.25, -0.2) is 0 Å². The Bertz CT molecular complexity index is 202. The molecule has 1 amide bonds. The summed E-state index contributed by atoms with van der Waals surface area (Å²) in [4.78, 5) is 13.6. The molecule has 15 heavy (non-hydrogen) atoms. The SMILES string of the molecule is CCC(C(N)=O)N(CC)C1CCNCC1. The average Bonchev–Trinajstić information content (AvgIpc) is 2.26. The summed E-state index contributed by atoms with van der Waals surface area (Å²) in [5.41, 5.74) is 5.43. The fraction of sp³-hybridized carbons (Fsp3) is 0.909. The Morgan fingerprint density at radius 3 is 2.47 bits per heavy atom. The highest BCUT2D eigenvalue weighted by Crippen LogP contribution is 2.16. The van der Waals surface area contributed by atoms with Crippen LogP contribution in [0.5, 0.6) is 0 Å². The maximum atomic E-state index is 11.3. The zero-order valence-electron chi connectivity index (χ0n) is 9.83. The maximum absolute atomic E-state index is 11.3. The lowest BCUT2D eigenvalue weighted by Gasteiger charge is -2.37. The van der Waals surface area contributed by atoms with Gasteiger partial charge in [-0.2, -0.15) is 0 Å². The highest BCUT2D eigenvalue weighted by molar-refractivity contribution is 5.79. The summed E-state index contributed by atoms with van der Waals surface area (Å²) in [5.74, 6) is -0.183. The minimum absolute atomic E-state index is 0.0851. The summed E-state index contributed by atoms with van der Waals surface area (Å²) >= 11 is 0. The molecule has 1 saturated heterocycles. The van der Waals surface area contributed by atoms with Gasteiger partial charge in [-0.3, -0.25) is 9.69 Å². The molecule has 88 valence electrons. The van der Waals surface area contributed by atoms with E-state index in [9.17, 15) is 4.79 Å². The Labute approximate surface area is 92.2 Å². The number of hydrogen-bond acceptors (Lipinski definition) is 3. The van der Waals surface area contributed by atoms with Crippen molar-refractivity contribution in [1.29, 1.82) is 0 Å². The molecule has 3 N–H and O–H groups in total. The van der Waals surface area contributed by atoms with E-state index < -0.39 is 0 Å². The number of nitrogens with one attached hydrogen (secondary N) is 1. The lowest BCUT2D eigenvalue weighted by atomic mass is 10.0. The van der Waals surface area contributed by atoms with E-state index in [1.54, 1.807) is 0 Å². The molecule has 0 aromatic heterocycles. The van der Waals surface area contributed by atoms with E-state index in [4.69, 9.17) is 5.73 Å². The fourth-order valence-corrected chi connectivity index (χ4v) is 2.47. The Morgan fingerprint density at radius 1 is 1.47 bits per heavy atom. The van der Waals surface area contributed by atoms with E-state index in [0.717, 1.165) is 38.9 Å². The molecule has 4 heteroatoms. The number of nitrogens with two attached hydrogens (primary N) is 1. The van der Waals surface area contributed by atoms with Crippen molar-refractivity contribution >= 4 is 5.91 Å². The first-order valence-electron chi connectivity index (χ1n) is 5.96. The van der Waals surface area contributed by atoms with Gasteiger partial charge in [0, 0.05) is 6.04 Å². The van der Waals surface area contributed by atoms with E-state index >= 15 is 0 Å². The molecule has 1 atom stereocenters. The summed E-state index contributed by atoms with van der Waals surface area (Å²) in [6, 6.07) is 0.437. The van der Waals surface area contributed by atoms with Gasteiger partial charge in [-0.05, 0) is 38.9 Å². The molecule has 1 heterocycles. The van der Waals surface area contributed by atoms with Gasteiger partial charge in [0.2, 0.25) is 5.91 Å². The summed E-state index contributed by atoms with van der Waals surface area (Å²) < 4.78 is 0. The van der Waals surface area contributed by atoms with Gasteiger partial charge < -0.3 is 11.1 Å². The average molecular weight is 213 g/mol. The van der Waals surface area contributed by atoms with Crippen LogP contribution in [0.2, 0.25) is 0 Å². The lowest BCUT2D eigenvalue weighted by Crippen LogP contribution is -2.52. The number of likely N-dealkylation sites (N-methyl/N-ethyl adjacent to an activating group) is 1. The molecule has 1 fully saturated rings. The number of amides is 1. The number of nitrogens with zero attached hydrogens (tertiary/aromatic N) is 1. The zero-order valence-corrected chi connectivity index (χ0v) is 9.83. The molecule has 0 aromatic rings. The standard InChI is InChI=1S/C11H23N3O/c1-3-10(11(12)15)14(4-2)9-5-7-13-8-6-9/h9-10,13H,3-8H2,1-2H3,(H2,12,15). The highest BCUT2D eigenvalue weighted by atomic mass is 16.1. The van der Waals surface area contributed by atoms with Crippen LogP contribution in [-0.2, 0) is 4.79 Å². The Hall–Kier alpha value is -0.610. The van der Waals surface area contributed by atoms with Crippen molar-refractivity contribution in [3.8, 4) is 0 Å². The molecule has 0 radical (unpaired) electrons. The van der Waals surface area contributed by atoms with Gasteiger partial charge in [0.05, 0.1) is 6.04 Å². The first-order valence-corrected chi connectivity index (χ1v) is 5.96. The fourth-order valence-electron chi connectivity index (χ4n) is 2.47. The molecular formula is C11H23N3O. The van der Waals surface area contributed by atoms with Crippen molar-refractivity contribution in [3.05, 3.63) is 0 Å². The molecule has 1 unspecified atom stereocenters. The zero-order chi connectivity index (χ0) is 11.3. The van der Waals surface area contributed by atoms with Crippen LogP contribution in [0.4, 0.5) is 0 Å². The third kappa shape index (κ3) is 3.18. The van der Waals surface area contributed by atoms with E-state index in [1.807, 2.05) is 6.92 Å². The number of piperidine rings is 1. The summed E-state index contributed by atoms with van der Waals surface area (Å²) in [5, 5.41) is 3.34. The van der Waals surface area contributed by atoms with E-state index in [1.165, 1.54) is 0 Å². The summed E-state index contributed by atoms with van der Waals surface area (Å²) in [6.45, 7) is 7.14. The monoisotopic (exact) mass is 213 g/mol. The molecule has 4 nitrogen and oxygen atoms in total. The predicted octanol–water partition coefficient (Wildman–Crippen LogP) is 0.324. The molecule has 0 spiro atoms. The van der Waals surface area contributed by atoms with Crippen molar-refractivity contribution in [2.75, 3.05) is 19.6 Å². The molecule has 1 aliphatic heterocycles. The minimum atomic E-state index is -0.183. The third-order valence-electron chi connectivity index (χ3n) is 3.26. The summed E-state index contributed by atoms with van der Waals surface area (Å²) in [6.07, 6.45) is 3.06. The summed E-state index contributed by atoms with van der Waals surface area (Å²) in [7, 11) is 0. The van der Waals surface area contributed by atoms with Crippen molar-refractivity contribution < 1.29 is 4.79 Å². The number of hydrogen-bond donors (Lipinski definition) is 2. The first kappa shape index (κ1) is 12.5. The molecule has 0 aliphatic carbocycles. The highest BCUT2D eigenvalue weighted by Gasteiger charge is 2.28. The Kier molecular flexibility index (Phi) is 5.05. The first-order chi connectivity index (χ1) is 7.20. The van der Waals surface area contributed by atoms with Crippen LogP contribution in [0.3, 0.4) is 0 Å². The van der Waals surface area contributed by atoms with Crippen molar-refractivity contribution in [1.82, 2.24) is 10.2 Å². The number of carbonyl (C=O) groups excluding carboxylic acids is 1.